The van der Waals surface area contributed by atoms with Crippen LogP contribution in [0.2, 0.25) is 0 Å². The highest BCUT2D eigenvalue weighted by molar-refractivity contribution is 7.15. The summed E-state index contributed by atoms with van der Waals surface area (Å²) in [6.45, 7) is 2.13. The van der Waals surface area contributed by atoms with E-state index >= 15 is 0 Å². The number of nitrogens with zero attached hydrogens (tertiary/aromatic N) is 4. The number of nitrogen functional groups attached to an aromatic ring is 1. The van der Waals surface area contributed by atoms with Crippen molar-refractivity contribution in [3.63, 3.8) is 0 Å². The molecule has 37 heavy (non-hydrogen) atoms. The fourth-order valence-electron chi connectivity index (χ4n) is 3.76. The van der Waals surface area contributed by atoms with Crippen molar-refractivity contribution in [3.05, 3.63) is 94.9 Å². The molecule has 1 aromatic carbocycles. The summed E-state index contributed by atoms with van der Waals surface area (Å²) >= 11 is 1.54. The molecular weight excluding hydrogens is 496 g/mol. The minimum absolute atomic E-state index is 0.334. The number of benzene rings is 1. The van der Waals surface area contributed by atoms with Gasteiger partial charge in [0.15, 0.2) is 11.6 Å². The number of amides is 1. The van der Waals surface area contributed by atoms with Crippen LogP contribution in [-0.2, 0) is 6.54 Å². The zero-order chi connectivity index (χ0) is 25.9. The maximum atomic E-state index is 13.6. The van der Waals surface area contributed by atoms with E-state index in [9.17, 15) is 13.6 Å². The maximum Gasteiger partial charge on any atom is 0.255 e. The highest BCUT2D eigenvalue weighted by Gasteiger charge is 2.17. The van der Waals surface area contributed by atoms with Crippen LogP contribution >= 0.6 is 11.3 Å². The van der Waals surface area contributed by atoms with Crippen LogP contribution in [0.5, 0.6) is 0 Å². The largest absolute Gasteiger partial charge is 0.383 e. The lowest BCUT2D eigenvalue weighted by Crippen LogP contribution is -2.27. The molecule has 1 unspecified atom stereocenters. The van der Waals surface area contributed by atoms with Crippen molar-refractivity contribution in [2.75, 3.05) is 11.1 Å². The lowest BCUT2D eigenvalue weighted by Gasteiger charge is -2.16. The summed E-state index contributed by atoms with van der Waals surface area (Å²) in [5.41, 5.74) is 8.20. The molecule has 0 fully saturated rings. The number of pyridine rings is 2. The Balaban J connectivity index is 1.28. The Morgan fingerprint density at radius 3 is 2.76 bits per heavy atom. The number of carbonyl (C=O) groups is 1. The number of fused-ring (bicyclic) bond motifs is 1. The molecule has 0 bridgehead atoms. The average Bonchev–Trinajstić information content (AvgIpc) is 3.38. The van der Waals surface area contributed by atoms with Crippen LogP contribution < -0.4 is 16.4 Å². The Morgan fingerprint density at radius 1 is 1.05 bits per heavy atom. The molecule has 5 aromatic rings. The Labute approximate surface area is 214 Å². The fourth-order valence-corrected chi connectivity index (χ4v) is 4.68. The molecule has 11 heteroatoms. The number of anilines is 2. The molecule has 0 aliphatic rings. The zero-order valence-electron chi connectivity index (χ0n) is 19.6. The van der Waals surface area contributed by atoms with E-state index in [0.717, 1.165) is 33.0 Å². The summed E-state index contributed by atoms with van der Waals surface area (Å²) in [7, 11) is 0. The first-order valence-corrected chi connectivity index (χ1v) is 12.1. The van der Waals surface area contributed by atoms with Crippen molar-refractivity contribution < 1.29 is 13.6 Å². The molecule has 4 N–H and O–H groups in total. The van der Waals surface area contributed by atoms with Crippen LogP contribution in [0.4, 0.5) is 20.4 Å². The summed E-state index contributed by atoms with van der Waals surface area (Å²) in [6.07, 6.45) is 4.66. The van der Waals surface area contributed by atoms with Gasteiger partial charge in [-0.1, -0.05) is 6.07 Å². The third-order valence-corrected chi connectivity index (χ3v) is 6.85. The number of aromatic nitrogens is 4. The molecule has 1 amide bonds. The van der Waals surface area contributed by atoms with Crippen LogP contribution in [-0.4, -0.2) is 25.8 Å². The van der Waals surface area contributed by atoms with Crippen molar-refractivity contribution in [1.29, 1.82) is 0 Å². The monoisotopic (exact) mass is 517 g/mol. The maximum absolute atomic E-state index is 13.6. The van der Waals surface area contributed by atoms with Gasteiger partial charge in [0, 0.05) is 16.5 Å². The van der Waals surface area contributed by atoms with Gasteiger partial charge < -0.3 is 16.4 Å². The van der Waals surface area contributed by atoms with E-state index in [4.69, 9.17) is 5.73 Å². The number of hydrogen-bond donors (Lipinski definition) is 3. The number of thiophene rings is 1. The molecule has 0 aliphatic heterocycles. The number of halogens is 2. The van der Waals surface area contributed by atoms with E-state index in [0.29, 0.717) is 34.8 Å². The van der Waals surface area contributed by atoms with Crippen molar-refractivity contribution in [1.82, 2.24) is 25.3 Å². The lowest BCUT2D eigenvalue weighted by molar-refractivity contribution is 0.0940. The van der Waals surface area contributed by atoms with Gasteiger partial charge in [0.05, 0.1) is 40.4 Å². The smallest absolute Gasteiger partial charge is 0.255 e. The molecule has 8 nitrogen and oxygen atoms in total. The van der Waals surface area contributed by atoms with Crippen LogP contribution in [0, 0.1) is 11.6 Å². The number of carbonyl (C=O) groups excluding carboxylic acids is 1. The van der Waals surface area contributed by atoms with E-state index in [1.165, 1.54) is 12.4 Å². The third-order valence-electron chi connectivity index (χ3n) is 5.74. The molecule has 5 rings (SSSR count). The van der Waals surface area contributed by atoms with E-state index in [1.54, 1.807) is 42.8 Å². The average molecular weight is 518 g/mol. The molecule has 0 spiro atoms. The van der Waals surface area contributed by atoms with Crippen molar-refractivity contribution in [2.45, 2.75) is 19.5 Å². The SMILES string of the molecule is CC(NC(=O)c1cccnc1NCc1ccc(-c2cc3c(N)ncnc3cn2)s1)c1ccc(F)c(F)c1. The summed E-state index contributed by atoms with van der Waals surface area (Å²) in [5, 5.41) is 6.76. The van der Waals surface area contributed by atoms with Gasteiger partial charge in [0.25, 0.3) is 5.91 Å². The van der Waals surface area contributed by atoms with Gasteiger partial charge in [0.1, 0.15) is 18.0 Å². The van der Waals surface area contributed by atoms with Crippen LogP contribution in [0.25, 0.3) is 21.5 Å². The van der Waals surface area contributed by atoms with Gasteiger partial charge in [-0.15, -0.1) is 11.3 Å². The first-order valence-electron chi connectivity index (χ1n) is 11.3. The molecule has 1 atom stereocenters. The lowest BCUT2D eigenvalue weighted by atomic mass is 10.1. The summed E-state index contributed by atoms with van der Waals surface area (Å²) < 4.78 is 26.9. The topological polar surface area (TPSA) is 119 Å². The predicted octanol–water partition coefficient (Wildman–Crippen LogP) is 5.11. The third kappa shape index (κ3) is 5.21. The molecule has 186 valence electrons. The Kier molecular flexibility index (Phi) is 6.69. The minimum atomic E-state index is -0.964. The van der Waals surface area contributed by atoms with Crippen LogP contribution in [0.3, 0.4) is 0 Å². The van der Waals surface area contributed by atoms with E-state index in [-0.39, 0.29) is 5.91 Å². The molecule has 0 saturated heterocycles. The summed E-state index contributed by atoms with van der Waals surface area (Å²) in [5.74, 6) is -1.49. The highest BCUT2D eigenvalue weighted by Crippen LogP contribution is 2.30. The molecule has 0 aliphatic carbocycles. The molecule has 0 radical (unpaired) electrons. The normalized spacial score (nSPS) is 11.9. The molecule has 4 aromatic heterocycles. The number of rotatable bonds is 7. The first-order chi connectivity index (χ1) is 17.9. The quantitative estimate of drug-likeness (QED) is 0.274. The molecule has 4 heterocycles. The number of nitrogens with two attached hydrogens (primary N) is 1. The van der Waals surface area contributed by atoms with Gasteiger partial charge in [-0.2, -0.15) is 0 Å². The number of nitrogens with one attached hydrogen (secondary N) is 2. The van der Waals surface area contributed by atoms with Crippen molar-refractivity contribution >= 4 is 39.8 Å². The molecule has 0 saturated carbocycles. The van der Waals surface area contributed by atoms with Gasteiger partial charge >= 0.3 is 0 Å². The van der Waals surface area contributed by atoms with Crippen molar-refractivity contribution in [3.8, 4) is 10.6 Å². The number of hydrogen-bond acceptors (Lipinski definition) is 8. The molecular formula is C26H21F2N7OS. The fraction of sp³-hybridized carbons (Fsp3) is 0.115. The predicted molar refractivity (Wildman–Crippen MR) is 139 cm³/mol. The second-order valence-corrected chi connectivity index (χ2v) is 9.40. The summed E-state index contributed by atoms with van der Waals surface area (Å²) in [4.78, 5) is 31.9. The Bertz CT molecular complexity index is 1610. The van der Waals surface area contributed by atoms with E-state index in [2.05, 4.69) is 30.6 Å². The summed E-state index contributed by atoms with van der Waals surface area (Å²) in [6, 6.07) is 12.1. The van der Waals surface area contributed by atoms with Gasteiger partial charge in [-0.3, -0.25) is 9.78 Å². The second-order valence-electron chi connectivity index (χ2n) is 8.23. The Morgan fingerprint density at radius 2 is 1.92 bits per heavy atom. The first kappa shape index (κ1) is 24.2. The van der Waals surface area contributed by atoms with Gasteiger partial charge in [-0.25, -0.2) is 23.7 Å². The van der Waals surface area contributed by atoms with Gasteiger partial charge in [0.2, 0.25) is 0 Å². The Hall–Kier alpha value is -4.51. The van der Waals surface area contributed by atoms with E-state index in [1.807, 2.05) is 18.2 Å². The highest BCUT2D eigenvalue weighted by atomic mass is 32.1. The standard InChI is InChI=1S/C26H21F2N7OS/c1-14(15-4-6-19(27)20(28)9-15)35-26(36)17-3-2-8-30-25(17)32-11-16-5-7-23(37-16)21-10-18-22(12-31-21)33-13-34-24(18)29/h2-10,12-14H,11H2,1H3,(H,30,32)(H,35,36)(H2,29,33,34). The van der Waals surface area contributed by atoms with Crippen LogP contribution in [0.15, 0.2) is 67.3 Å². The zero-order valence-corrected chi connectivity index (χ0v) is 20.4. The second kappa shape index (κ2) is 10.2. The minimum Gasteiger partial charge on any atom is -0.383 e. The van der Waals surface area contributed by atoms with E-state index < -0.39 is 17.7 Å². The van der Waals surface area contributed by atoms with Crippen molar-refractivity contribution in [2.24, 2.45) is 0 Å². The van der Waals surface area contributed by atoms with Gasteiger partial charge in [-0.05, 0) is 55.0 Å². The van der Waals surface area contributed by atoms with Crippen LogP contribution in [0.1, 0.15) is 33.8 Å².